The molecule has 4 heteroatoms. The summed E-state index contributed by atoms with van der Waals surface area (Å²) in [4.78, 5) is 15.4. The van der Waals surface area contributed by atoms with Crippen LogP contribution in [0.4, 0.5) is 0 Å². The Morgan fingerprint density at radius 2 is 1.41 bits per heavy atom. The molecule has 4 nitrogen and oxygen atoms in total. The van der Waals surface area contributed by atoms with Gasteiger partial charge in [-0.3, -0.25) is 0 Å². The monoisotopic (exact) mass is 369 g/mol. The second kappa shape index (κ2) is 9.67. The molecule has 0 unspecified atom stereocenters. The van der Waals surface area contributed by atoms with E-state index in [9.17, 15) is 9.90 Å². The van der Waals surface area contributed by atoms with Gasteiger partial charge in [0.05, 0.1) is 0 Å². The van der Waals surface area contributed by atoms with Crippen LogP contribution in [0.5, 0.6) is 0 Å². The van der Waals surface area contributed by atoms with E-state index in [0.29, 0.717) is 11.1 Å². The average molecular weight is 370 g/mol. The van der Waals surface area contributed by atoms with Gasteiger partial charge in [-0.05, 0) is 31.1 Å². The molecule has 0 aromatic heterocycles. The second-order valence-corrected chi connectivity index (χ2v) is 7.02. The Kier molecular flexibility index (Phi) is 7.57. The van der Waals surface area contributed by atoms with E-state index >= 15 is 0 Å². The topological polar surface area (TPSA) is 49.8 Å². The van der Waals surface area contributed by atoms with Crippen molar-refractivity contribution in [3.8, 4) is 0 Å². The van der Waals surface area contributed by atoms with Crippen molar-refractivity contribution in [2.24, 2.45) is 5.92 Å². The molecule has 0 spiro atoms. The molecule has 0 radical (unpaired) electrons. The molecule has 2 aromatic rings. The van der Waals surface area contributed by atoms with Crippen LogP contribution in [0.3, 0.4) is 0 Å². The van der Waals surface area contributed by atoms with Gasteiger partial charge in [0.2, 0.25) is 5.60 Å². The Balaban J connectivity index is 2.25. The van der Waals surface area contributed by atoms with E-state index in [1.807, 2.05) is 43.3 Å². The lowest BCUT2D eigenvalue weighted by Gasteiger charge is -2.31. The van der Waals surface area contributed by atoms with Gasteiger partial charge in [-0.15, -0.1) is 0 Å². The van der Waals surface area contributed by atoms with Crippen LogP contribution in [0.2, 0.25) is 0 Å². The van der Waals surface area contributed by atoms with Crippen molar-refractivity contribution in [3.63, 3.8) is 0 Å². The van der Waals surface area contributed by atoms with Crippen LogP contribution in [0.25, 0.3) is 0 Å². The fourth-order valence-corrected chi connectivity index (χ4v) is 3.17. The first-order valence-electron chi connectivity index (χ1n) is 9.70. The molecule has 146 valence electrons. The average Bonchev–Trinajstić information content (AvgIpc) is 2.72. The molecule has 27 heavy (non-hydrogen) atoms. The van der Waals surface area contributed by atoms with Gasteiger partial charge >= 0.3 is 5.97 Å². The van der Waals surface area contributed by atoms with Crippen molar-refractivity contribution in [3.05, 3.63) is 71.8 Å². The lowest BCUT2D eigenvalue weighted by atomic mass is 9.86. The summed E-state index contributed by atoms with van der Waals surface area (Å²) in [5, 5.41) is 11.4. The molecule has 0 aliphatic carbocycles. The van der Waals surface area contributed by atoms with Crippen LogP contribution in [-0.4, -0.2) is 41.7 Å². The normalized spacial score (nSPS) is 14.0. The highest BCUT2D eigenvalue weighted by Gasteiger charge is 2.42. The standard InChI is InChI=1S/C23H31NO3/c1-5-24(6-2)17-18(3)19(4)27-22(25)23(26,20-13-9-7-10-14-20)21-15-11-8-12-16-21/h7-16,18-19,26H,5-6,17H2,1-4H3/t18-,19+/m1/s1. The predicted octanol–water partition coefficient (Wildman–Crippen LogP) is 3.83. The number of aliphatic hydroxyl groups is 1. The molecule has 0 aliphatic heterocycles. The van der Waals surface area contributed by atoms with E-state index in [2.05, 4.69) is 25.7 Å². The first-order chi connectivity index (χ1) is 12.9. The third-order valence-corrected chi connectivity index (χ3v) is 5.21. The number of nitrogens with zero attached hydrogens (tertiary/aromatic N) is 1. The maximum Gasteiger partial charge on any atom is 0.347 e. The molecule has 0 aliphatic rings. The van der Waals surface area contributed by atoms with Crippen molar-refractivity contribution >= 4 is 5.97 Å². The Morgan fingerprint density at radius 1 is 0.963 bits per heavy atom. The Hall–Kier alpha value is -2.17. The number of ether oxygens (including phenoxy) is 1. The number of esters is 1. The zero-order valence-electron chi connectivity index (χ0n) is 16.8. The van der Waals surface area contributed by atoms with Crippen molar-refractivity contribution < 1.29 is 14.6 Å². The summed E-state index contributed by atoms with van der Waals surface area (Å²) in [6, 6.07) is 17.9. The quantitative estimate of drug-likeness (QED) is 0.683. The highest BCUT2D eigenvalue weighted by atomic mass is 16.6. The highest BCUT2D eigenvalue weighted by molar-refractivity contribution is 5.85. The van der Waals surface area contributed by atoms with Gasteiger partial charge in [-0.1, -0.05) is 81.4 Å². The molecule has 2 aromatic carbocycles. The Labute approximate surface area is 162 Å². The van der Waals surface area contributed by atoms with E-state index in [-0.39, 0.29) is 12.0 Å². The number of carbonyl (C=O) groups is 1. The number of benzene rings is 2. The van der Waals surface area contributed by atoms with Gasteiger partial charge in [-0.25, -0.2) is 4.79 Å². The summed E-state index contributed by atoms with van der Waals surface area (Å²) in [7, 11) is 0. The minimum Gasteiger partial charge on any atom is -0.460 e. The number of hydrogen-bond donors (Lipinski definition) is 1. The highest BCUT2D eigenvalue weighted by Crippen LogP contribution is 2.32. The molecule has 2 atom stereocenters. The SMILES string of the molecule is CCN(CC)C[C@@H](C)[C@H](C)OC(=O)C(O)(c1ccccc1)c1ccccc1. The molecular formula is C23H31NO3. The first-order valence-corrected chi connectivity index (χ1v) is 9.70. The third-order valence-electron chi connectivity index (χ3n) is 5.21. The van der Waals surface area contributed by atoms with Crippen LogP contribution in [0, 0.1) is 5.92 Å². The van der Waals surface area contributed by atoms with Gasteiger partial charge in [0.15, 0.2) is 0 Å². The second-order valence-electron chi connectivity index (χ2n) is 7.02. The Morgan fingerprint density at radius 3 is 1.81 bits per heavy atom. The van der Waals surface area contributed by atoms with Crippen LogP contribution < -0.4 is 0 Å². The van der Waals surface area contributed by atoms with Gasteiger partial charge < -0.3 is 14.7 Å². The van der Waals surface area contributed by atoms with Gasteiger partial charge in [-0.2, -0.15) is 0 Å². The fraction of sp³-hybridized carbons (Fsp3) is 0.435. The molecule has 0 fully saturated rings. The maximum absolute atomic E-state index is 13.1. The van der Waals surface area contributed by atoms with E-state index in [4.69, 9.17) is 4.74 Å². The summed E-state index contributed by atoms with van der Waals surface area (Å²) >= 11 is 0. The van der Waals surface area contributed by atoms with Crippen molar-refractivity contribution in [1.82, 2.24) is 4.90 Å². The molecule has 0 saturated carbocycles. The summed E-state index contributed by atoms with van der Waals surface area (Å²) in [6.45, 7) is 11.0. The third kappa shape index (κ3) is 4.96. The van der Waals surface area contributed by atoms with Crippen molar-refractivity contribution in [2.75, 3.05) is 19.6 Å². The zero-order valence-corrected chi connectivity index (χ0v) is 16.8. The molecule has 2 rings (SSSR count). The van der Waals surface area contributed by atoms with Crippen molar-refractivity contribution in [1.29, 1.82) is 0 Å². The van der Waals surface area contributed by atoms with E-state index in [0.717, 1.165) is 19.6 Å². The summed E-state index contributed by atoms with van der Waals surface area (Å²) in [5.41, 5.74) is -0.819. The van der Waals surface area contributed by atoms with E-state index in [1.165, 1.54) is 0 Å². The largest absolute Gasteiger partial charge is 0.460 e. The smallest absolute Gasteiger partial charge is 0.347 e. The minimum absolute atomic E-state index is 0.157. The minimum atomic E-state index is -1.83. The zero-order chi connectivity index (χ0) is 19.9. The Bertz CT molecular complexity index is 659. The van der Waals surface area contributed by atoms with E-state index < -0.39 is 11.6 Å². The summed E-state index contributed by atoms with van der Waals surface area (Å²) < 4.78 is 5.76. The van der Waals surface area contributed by atoms with Crippen molar-refractivity contribution in [2.45, 2.75) is 39.4 Å². The summed E-state index contributed by atoms with van der Waals surface area (Å²) in [5.74, 6) is -0.483. The number of rotatable bonds is 9. The van der Waals surface area contributed by atoms with Crippen LogP contribution in [-0.2, 0) is 15.1 Å². The summed E-state index contributed by atoms with van der Waals surface area (Å²) in [6.07, 6.45) is -0.308. The fourth-order valence-electron chi connectivity index (χ4n) is 3.17. The molecule has 1 N–H and O–H groups in total. The van der Waals surface area contributed by atoms with Gasteiger partial charge in [0.1, 0.15) is 6.10 Å². The molecular weight excluding hydrogens is 338 g/mol. The predicted molar refractivity (Wildman–Crippen MR) is 108 cm³/mol. The number of carbonyl (C=O) groups excluding carboxylic acids is 1. The van der Waals surface area contributed by atoms with E-state index in [1.54, 1.807) is 24.3 Å². The molecule has 0 amide bonds. The maximum atomic E-state index is 13.1. The van der Waals surface area contributed by atoms with Crippen LogP contribution in [0.15, 0.2) is 60.7 Å². The number of hydrogen-bond acceptors (Lipinski definition) is 4. The molecule has 0 bridgehead atoms. The van der Waals surface area contributed by atoms with Gasteiger partial charge in [0, 0.05) is 12.5 Å². The molecule has 0 heterocycles. The van der Waals surface area contributed by atoms with Gasteiger partial charge in [0.25, 0.3) is 0 Å². The lowest BCUT2D eigenvalue weighted by molar-refractivity contribution is -0.169. The first kappa shape index (κ1) is 21.1. The van der Waals surface area contributed by atoms with Crippen LogP contribution >= 0.6 is 0 Å². The lowest BCUT2D eigenvalue weighted by Crippen LogP contribution is -2.42. The van der Waals surface area contributed by atoms with Crippen LogP contribution in [0.1, 0.15) is 38.8 Å². The molecule has 0 saturated heterocycles.